The number of anilines is 2. The van der Waals surface area contributed by atoms with Crippen LogP contribution in [0.2, 0.25) is 0 Å². The van der Waals surface area contributed by atoms with Crippen molar-refractivity contribution in [2.75, 3.05) is 10.6 Å². The second-order valence-electron chi connectivity index (χ2n) is 6.89. The molecule has 0 heterocycles. The number of nitrogens with one attached hydrogen (secondary N) is 2. The average molecular weight is 473 g/mol. The number of hydrogen-bond acceptors (Lipinski definition) is 4. The predicted octanol–water partition coefficient (Wildman–Crippen LogP) is 5.66. The number of halogens is 4. The summed E-state index contributed by atoms with van der Waals surface area (Å²) in [6, 6.07) is 12.5. The number of benzene rings is 3. The molecule has 0 atom stereocenters. The molecular formula is C23H15F4N3O4. The second-order valence-corrected chi connectivity index (χ2v) is 6.89. The summed E-state index contributed by atoms with van der Waals surface area (Å²) < 4.78 is 53.7. The van der Waals surface area contributed by atoms with Crippen molar-refractivity contribution >= 4 is 35.0 Å². The first-order chi connectivity index (χ1) is 16.0. The first-order valence-electron chi connectivity index (χ1n) is 9.54. The molecule has 3 rings (SSSR count). The number of non-ortho nitro benzene ring substituents is 1. The molecule has 0 fully saturated rings. The number of rotatable bonds is 6. The number of alkyl halides is 3. The topological polar surface area (TPSA) is 101 Å². The largest absolute Gasteiger partial charge is 0.418 e. The molecule has 0 aromatic heterocycles. The molecule has 0 spiro atoms. The molecule has 0 saturated heterocycles. The van der Waals surface area contributed by atoms with Crippen molar-refractivity contribution in [3.63, 3.8) is 0 Å². The van der Waals surface area contributed by atoms with E-state index >= 15 is 0 Å². The van der Waals surface area contributed by atoms with Gasteiger partial charge in [0.1, 0.15) is 5.82 Å². The zero-order valence-electron chi connectivity index (χ0n) is 17.1. The minimum Gasteiger partial charge on any atom is -0.322 e. The summed E-state index contributed by atoms with van der Waals surface area (Å²) in [6.07, 6.45) is -2.59. The van der Waals surface area contributed by atoms with E-state index in [1.165, 1.54) is 48.5 Å². The van der Waals surface area contributed by atoms with Crippen LogP contribution in [0.3, 0.4) is 0 Å². The fourth-order valence-corrected chi connectivity index (χ4v) is 2.82. The number of nitrogens with zero attached hydrogens (tertiary/aromatic N) is 1. The van der Waals surface area contributed by atoms with Gasteiger partial charge < -0.3 is 10.6 Å². The number of nitro benzene ring substituents is 1. The molecule has 3 aromatic carbocycles. The van der Waals surface area contributed by atoms with Crippen molar-refractivity contribution in [1.29, 1.82) is 0 Å². The summed E-state index contributed by atoms with van der Waals surface area (Å²) in [5.41, 5.74) is -1.59. The lowest BCUT2D eigenvalue weighted by Crippen LogP contribution is -2.17. The minimum atomic E-state index is -4.85. The molecule has 174 valence electrons. The third-order valence-electron chi connectivity index (χ3n) is 4.48. The SMILES string of the molecule is O=C(/C=C/c1ccc([N+](=O)[O-])cc1)Nc1ccc(NC(=O)c2ccc(F)cc2)cc1C(F)(F)F. The summed E-state index contributed by atoms with van der Waals surface area (Å²) in [6.45, 7) is 0. The van der Waals surface area contributed by atoms with Gasteiger partial charge in [-0.25, -0.2) is 4.39 Å². The number of amides is 2. The van der Waals surface area contributed by atoms with Gasteiger partial charge in [0.25, 0.3) is 11.6 Å². The van der Waals surface area contributed by atoms with Crippen LogP contribution in [0, 0.1) is 15.9 Å². The van der Waals surface area contributed by atoms with E-state index in [0.29, 0.717) is 11.6 Å². The molecule has 0 bridgehead atoms. The fourth-order valence-electron chi connectivity index (χ4n) is 2.82. The Kier molecular flexibility index (Phi) is 7.05. The summed E-state index contributed by atoms with van der Waals surface area (Å²) in [5.74, 6) is -2.18. The molecule has 0 aliphatic rings. The average Bonchev–Trinajstić information content (AvgIpc) is 2.78. The highest BCUT2D eigenvalue weighted by Gasteiger charge is 2.34. The Labute approximate surface area is 189 Å². The van der Waals surface area contributed by atoms with Crippen LogP contribution in [-0.2, 0) is 11.0 Å². The Morgan fingerprint density at radius 3 is 2.15 bits per heavy atom. The number of carbonyl (C=O) groups is 2. The van der Waals surface area contributed by atoms with E-state index in [2.05, 4.69) is 10.6 Å². The lowest BCUT2D eigenvalue weighted by atomic mass is 10.1. The lowest BCUT2D eigenvalue weighted by molar-refractivity contribution is -0.384. The number of hydrogen-bond donors (Lipinski definition) is 2. The molecule has 2 N–H and O–H groups in total. The molecule has 2 amide bonds. The highest BCUT2D eigenvalue weighted by molar-refractivity contribution is 6.05. The quantitative estimate of drug-likeness (QED) is 0.209. The lowest BCUT2D eigenvalue weighted by Gasteiger charge is -2.15. The Hall–Kier alpha value is -4.54. The van der Waals surface area contributed by atoms with Crippen molar-refractivity contribution in [2.45, 2.75) is 6.18 Å². The van der Waals surface area contributed by atoms with Crippen LogP contribution in [0.25, 0.3) is 6.08 Å². The molecule has 3 aromatic rings. The van der Waals surface area contributed by atoms with Crippen LogP contribution in [0.5, 0.6) is 0 Å². The third-order valence-corrected chi connectivity index (χ3v) is 4.48. The molecule has 0 unspecified atom stereocenters. The molecule has 0 aliphatic carbocycles. The van der Waals surface area contributed by atoms with Crippen LogP contribution < -0.4 is 10.6 Å². The maximum absolute atomic E-state index is 13.6. The van der Waals surface area contributed by atoms with Crippen molar-refractivity contribution in [2.24, 2.45) is 0 Å². The summed E-state index contributed by atoms with van der Waals surface area (Å²) in [7, 11) is 0. The monoisotopic (exact) mass is 473 g/mol. The zero-order chi connectivity index (χ0) is 24.9. The molecule has 0 aliphatic heterocycles. The smallest absolute Gasteiger partial charge is 0.322 e. The fraction of sp³-hybridized carbons (Fsp3) is 0.0435. The normalized spacial score (nSPS) is 11.3. The van der Waals surface area contributed by atoms with Crippen LogP contribution in [-0.4, -0.2) is 16.7 Å². The maximum Gasteiger partial charge on any atom is 0.418 e. The van der Waals surface area contributed by atoms with E-state index in [4.69, 9.17) is 0 Å². The molecule has 0 radical (unpaired) electrons. The van der Waals surface area contributed by atoms with Crippen molar-refractivity contribution in [3.8, 4) is 0 Å². The van der Waals surface area contributed by atoms with Crippen LogP contribution in [0.4, 0.5) is 34.6 Å². The van der Waals surface area contributed by atoms with Gasteiger partial charge in [0.15, 0.2) is 0 Å². The van der Waals surface area contributed by atoms with E-state index < -0.39 is 40.0 Å². The van der Waals surface area contributed by atoms with E-state index in [9.17, 15) is 37.3 Å². The standard InChI is InChI=1S/C23H15F4N3O4/c24-16-6-4-15(5-7-16)22(32)28-17-8-11-20(19(13-17)23(25,26)27)29-21(31)12-3-14-1-9-18(10-2-14)30(33)34/h1-13H,(H,28,32)(H,29,31)/b12-3+. The van der Waals surface area contributed by atoms with Gasteiger partial charge >= 0.3 is 6.18 Å². The third kappa shape index (κ3) is 6.25. The Balaban J connectivity index is 1.75. The van der Waals surface area contributed by atoms with Crippen LogP contribution in [0.15, 0.2) is 72.8 Å². The summed E-state index contributed by atoms with van der Waals surface area (Å²) in [4.78, 5) is 34.4. The highest BCUT2D eigenvalue weighted by Crippen LogP contribution is 2.36. The number of nitro groups is 1. The summed E-state index contributed by atoms with van der Waals surface area (Å²) in [5, 5.41) is 15.1. The van der Waals surface area contributed by atoms with E-state index in [0.717, 1.165) is 24.3 Å². The predicted molar refractivity (Wildman–Crippen MR) is 117 cm³/mol. The molecule has 0 saturated carbocycles. The van der Waals surface area contributed by atoms with E-state index in [1.54, 1.807) is 0 Å². The van der Waals surface area contributed by atoms with Gasteiger partial charge in [-0.3, -0.25) is 19.7 Å². The van der Waals surface area contributed by atoms with Crippen LogP contribution in [0.1, 0.15) is 21.5 Å². The minimum absolute atomic E-state index is 0.0451. The first kappa shape index (κ1) is 24.1. The van der Waals surface area contributed by atoms with Gasteiger partial charge in [-0.15, -0.1) is 0 Å². The van der Waals surface area contributed by atoms with E-state index in [-0.39, 0.29) is 16.9 Å². The van der Waals surface area contributed by atoms with Gasteiger partial charge in [-0.2, -0.15) is 13.2 Å². The van der Waals surface area contributed by atoms with E-state index in [1.807, 2.05) is 0 Å². The maximum atomic E-state index is 13.6. The Morgan fingerprint density at radius 1 is 0.912 bits per heavy atom. The molecular weight excluding hydrogens is 458 g/mol. The zero-order valence-corrected chi connectivity index (χ0v) is 17.1. The van der Waals surface area contributed by atoms with Crippen molar-refractivity contribution < 1.29 is 32.1 Å². The molecule has 7 nitrogen and oxygen atoms in total. The second kappa shape index (κ2) is 9.94. The van der Waals surface area contributed by atoms with Gasteiger partial charge in [0, 0.05) is 29.5 Å². The highest BCUT2D eigenvalue weighted by atomic mass is 19.4. The summed E-state index contributed by atoms with van der Waals surface area (Å²) >= 11 is 0. The Morgan fingerprint density at radius 2 is 1.56 bits per heavy atom. The van der Waals surface area contributed by atoms with Crippen LogP contribution >= 0.6 is 0 Å². The van der Waals surface area contributed by atoms with Gasteiger partial charge in [-0.1, -0.05) is 0 Å². The number of carbonyl (C=O) groups excluding carboxylic acids is 2. The van der Waals surface area contributed by atoms with Gasteiger partial charge in [0.2, 0.25) is 5.91 Å². The molecule has 11 heteroatoms. The molecule has 34 heavy (non-hydrogen) atoms. The van der Waals surface area contributed by atoms with Crippen molar-refractivity contribution in [3.05, 3.63) is 105 Å². The van der Waals surface area contributed by atoms with Crippen molar-refractivity contribution in [1.82, 2.24) is 0 Å². The first-order valence-corrected chi connectivity index (χ1v) is 9.54. The van der Waals surface area contributed by atoms with Gasteiger partial charge in [-0.05, 0) is 66.2 Å². The van der Waals surface area contributed by atoms with Gasteiger partial charge in [0.05, 0.1) is 16.2 Å². The Bertz CT molecular complexity index is 1250.